The van der Waals surface area contributed by atoms with E-state index in [0.717, 1.165) is 19.3 Å². The SMILES string of the molecule is CCCCCCCCCCCCCCCCCC(=O)OCC1OC(Oc2cc3ccc(=O)oc3cc2O)C(O)C(O)C1O. The maximum Gasteiger partial charge on any atom is 0.336 e. The number of ether oxygens (including phenoxy) is 3. The van der Waals surface area contributed by atoms with Gasteiger partial charge in [-0.25, -0.2) is 4.79 Å². The molecule has 1 aromatic heterocycles. The van der Waals surface area contributed by atoms with Crippen molar-refractivity contribution in [1.82, 2.24) is 0 Å². The molecule has 10 heteroatoms. The number of carbonyl (C=O) groups is 1. The maximum atomic E-state index is 12.3. The van der Waals surface area contributed by atoms with Crippen LogP contribution < -0.4 is 10.4 Å². The van der Waals surface area contributed by atoms with Crippen LogP contribution in [0.2, 0.25) is 0 Å². The van der Waals surface area contributed by atoms with Crippen molar-refractivity contribution in [3.05, 3.63) is 34.7 Å². The molecule has 0 aliphatic carbocycles. The fraction of sp³-hybridized carbons (Fsp3) is 0.697. The lowest BCUT2D eigenvalue weighted by Gasteiger charge is -2.39. The van der Waals surface area contributed by atoms with Gasteiger partial charge in [0.25, 0.3) is 0 Å². The van der Waals surface area contributed by atoms with Crippen LogP contribution in [0.3, 0.4) is 0 Å². The second-order valence-electron chi connectivity index (χ2n) is 11.6. The van der Waals surface area contributed by atoms with E-state index in [0.29, 0.717) is 11.8 Å². The third kappa shape index (κ3) is 11.7. The first-order chi connectivity index (χ1) is 20.8. The summed E-state index contributed by atoms with van der Waals surface area (Å²) in [6.07, 6.45) is 11.3. The van der Waals surface area contributed by atoms with Gasteiger partial charge in [0.1, 0.15) is 36.6 Å². The number of rotatable bonds is 20. The quantitative estimate of drug-likeness (QED) is 0.0863. The molecule has 5 unspecified atom stereocenters. The second kappa shape index (κ2) is 18.9. The summed E-state index contributed by atoms with van der Waals surface area (Å²) in [6.45, 7) is 1.91. The van der Waals surface area contributed by atoms with Gasteiger partial charge in [0, 0.05) is 23.9 Å². The Morgan fingerprint density at radius 3 is 1.98 bits per heavy atom. The van der Waals surface area contributed by atoms with Gasteiger partial charge in [0.2, 0.25) is 6.29 Å². The first kappa shape index (κ1) is 34.8. The van der Waals surface area contributed by atoms with Gasteiger partial charge in [-0.2, -0.15) is 0 Å². The Morgan fingerprint density at radius 2 is 1.37 bits per heavy atom. The number of phenols is 1. The molecule has 5 atom stereocenters. The van der Waals surface area contributed by atoms with E-state index in [1.165, 1.54) is 94.9 Å². The highest BCUT2D eigenvalue weighted by atomic mass is 16.7. The molecule has 1 saturated heterocycles. The predicted octanol–water partition coefficient (Wildman–Crippen LogP) is 5.49. The van der Waals surface area contributed by atoms with Gasteiger partial charge < -0.3 is 39.1 Å². The van der Waals surface area contributed by atoms with E-state index >= 15 is 0 Å². The molecule has 1 fully saturated rings. The number of hydrogen-bond acceptors (Lipinski definition) is 10. The Kier molecular flexibility index (Phi) is 15.3. The lowest BCUT2D eigenvalue weighted by Crippen LogP contribution is -2.60. The fourth-order valence-electron chi connectivity index (χ4n) is 5.34. The van der Waals surface area contributed by atoms with E-state index in [4.69, 9.17) is 18.6 Å². The minimum absolute atomic E-state index is 0.0992. The van der Waals surface area contributed by atoms with Crippen molar-refractivity contribution in [3.63, 3.8) is 0 Å². The summed E-state index contributed by atoms with van der Waals surface area (Å²) in [5.74, 6) is -0.917. The molecule has 1 aliphatic heterocycles. The highest BCUT2D eigenvalue weighted by molar-refractivity contribution is 5.80. The summed E-state index contributed by atoms with van der Waals surface area (Å²) < 4.78 is 21.5. The number of aliphatic hydroxyl groups excluding tert-OH is 3. The van der Waals surface area contributed by atoms with Crippen LogP contribution in [0.5, 0.6) is 11.5 Å². The molecule has 0 bridgehead atoms. The summed E-state index contributed by atoms with van der Waals surface area (Å²) in [5, 5.41) is 41.9. The van der Waals surface area contributed by atoms with Crippen molar-refractivity contribution in [2.24, 2.45) is 0 Å². The highest BCUT2D eigenvalue weighted by Gasteiger charge is 2.45. The van der Waals surface area contributed by atoms with Gasteiger partial charge in [-0.15, -0.1) is 0 Å². The van der Waals surface area contributed by atoms with Gasteiger partial charge in [-0.3, -0.25) is 4.79 Å². The Morgan fingerprint density at radius 1 is 0.791 bits per heavy atom. The average Bonchev–Trinajstić information content (AvgIpc) is 2.99. The molecule has 0 saturated carbocycles. The first-order valence-electron chi connectivity index (χ1n) is 16.1. The number of phenolic OH excluding ortho intramolecular Hbond substituents is 1. The molecule has 0 radical (unpaired) electrons. The van der Waals surface area contributed by atoms with Crippen LogP contribution in [-0.2, 0) is 14.3 Å². The molecule has 2 heterocycles. The summed E-state index contributed by atoms with van der Waals surface area (Å²) >= 11 is 0. The molecule has 3 rings (SSSR count). The summed E-state index contributed by atoms with van der Waals surface area (Å²) in [7, 11) is 0. The number of esters is 1. The lowest BCUT2D eigenvalue weighted by atomic mass is 9.99. The van der Waals surface area contributed by atoms with Crippen LogP contribution >= 0.6 is 0 Å². The Balaban J connectivity index is 1.30. The molecule has 10 nitrogen and oxygen atoms in total. The topological polar surface area (TPSA) is 156 Å². The fourth-order valence-corrected chi connectivity index (χ4v) is 5.34. The molecule has 2 aromatic rings. The monoisotopic (exact) mass is 606 g/mol. The minimum atomic E-state index is -1.65. The van der Waals surface area contributed by atoms with Crippen molar-refractivity contribution in [1.29, 1.82) is 0 Å². The van der Waals surface area contributed by atoms with E-state index in [2.05, 4.69) is 6.92 Å². The average molecular weight is 607 g/mol. The molecule has 4 N–H and O–H groups in total. The molecular weight excluding hydrogens is 556 g/mol. The van der Waals surface area contributed by atoms with Gasteiger partial charge in [0.15, 0.2) is 11.5 Å². The molecule has 242 valence electrons. The van der Waals surface area contributed by atoms with Crippen molar-refractivity contribution in [2.75, 3.05) is 6.61 Å². The number of unbranched alkanes of at least 4 members (excludes halogenated alkanes) is 14. The van der Waals surface area contributed by atoms with Gasteiger partial charge in [-0.05, 0) is 18.6 Å². The normalized spacial score (nSPS) is 22.1. The van der Waals surface area contributed by atoms with Crippen LogP contribution in [0.25, 0.3) is 11.0 Å². The smallest absolute Gasteiger partial charge is 0.336 e. The number of aliphatic hydroxyl groups is 3. The number of hydrogen-bond donors (Lipinski definition) is 4. The second-order valence-corrected chi connectivity index (χ2v) is 11.6. The number of carbonyl (C=O) groups excluding carboxylic acids is 1. The van der Waals surface area contributed by atoms with E-state index in [1.807, 2.05) is 0 Å². The van der Waals surface area contributed by atoms with Crippen molar-refractivity contribution in [3.8, 4) is 11.5 Å². The van der Waals surface area contributed by atoms with E-state index in [1.54, 1.807) is 0 Å². The summed E-state index contributed by atoms with van der Waals surface area (Å²) in [5.41, 5.74) is -0.447. The van der Waals surface area contributed by atoms with Crippen LogP contribution in [0.4, 0.5) is 0 Å². The summed E-state index contributed by atoms with van der Waals surface area (Å²) in [4.78, 5) is 23.7. The zero-order valence-electron chi connectivity index (χ0n) is 25.5. The third-order valence-electron chi connectivity index (χ3n) is 8.01. The van der Waals surface area contributed by atoms with Gasteiger partial charge in [-0.1, -0.05) is 96.8 Å². The minimum Gasteiger partial charge on any atom is -0.504 e. The lowest BCUT2D eigenvalue weighted by molar-refractivity contribution is -0.278. The molecule has 0 spiro atoms. The van der Waals surface area contributed by atoms with E-state index in [9.17, 15) is 30.0 Å². The number of aromatic hydroxyl groups is 1. The van der Waals surface area contributed by atoms with Crippen LogP contribution in [0.15, 0.2) is 33.5 Å². The molecule has 1 aliphatic rings. The number of fused-ring (bicyclic) bond motifs is 1. The number of benzene rings is 1. The van der Waals surface area contributed by atoms with Crippen molar-refractivity contribution >= 4 is 16.9 Å². The standard InChI is InChI=1S/C33H50O10/c1-2-3-4-5-6-7-8-9-10-11-12-13-14-15-16-17-28(35)40-22-27-30(37)31(38)32(39)33(43-27)42-26-20-23-18-19-29(36)41-25(23)21-24(26)34/h18-21,27,30-34,37-39H,2-17,22H2,1H3. The van der Waals surface area contributed by atoms with E-state index < -0.39 is 42.3 Å². The van der Waals surface area contributed by atoms with E-state index in [-0.39, 0.29) is 30.1 Å². The van der Waals surface area contributed by atoms with Gasteiger partial charge in [0.05, 0.1) is 0 Å². The van der Waals surface area contributed by atoms with Crippen LogP contribution in [0.1, 0.15) is 110 Å². The molecular formula is C33H50O10. The maximum absolute atomic E-state index is 12.3. The van der Waals surface area contributed by atoms with Crippen LogP contribution in [-0.4, -0.2) is 63.7 Å². The Hall–Kier alpha value is -2.66. The van der Waals surface area contributed by atoms with Crippen molar-refractivity contribution < 1.29 is 43.8 Å². The predicted molar refractivity (Wildman–Crippen MR) is 162 cm³/mol. The molecule has 0 amide bonds. The van der Waals surface area contributed by atoms with Crippen molar-refractivity contribution in [2.45, 2.75) is 140 Å². The van der Waals surface area contributed by atoms with Gasteiger partial charge >= 0.3 is 11.6 Å². The summed E-state index contributed by atoms with van der Waals surface area (Å²) in [6, 6.07) is 5.25. The Labute approximate surface area is 254 Å². The Bertz CT molecular complexity index is 1150. The first-order valence-corrected chi connectivity index (χ1v) is 16.1. The third-order valence-corrected chi connectivity index (χ3v) is 8.01. The zero-order chi connectivity index (χ0) is 31.0. The largest absolute Gasteiger partial charge is 0.504 e. The highest BCUT2D eigenvalue weighted by Crippen LogP contribution is 2.34. The molecule has 43 heavy (non-hydrogen) atoms. The van der Waals surface area contributed by atoms with Crippen LogP contribution in [0, 0.1) is 0 Å². The zero-order valence-corrected chi connectivity index (χ0v) is 25.5. The molecule has 1 aromatic carbocycles.